The van der Waals surface area contributed by atoms with E-state index in [1.807, 2.05) is 0 Å². The van der Waals surface area contributed by atoms with Crippen LogP contribution in [0, 0.1) is 0 Å². The first kappa shape index (κ1) is 22.5. The Morgan fingerprint density at radius 3 is 2.57 bits per heavy atom. The summed E-state index contributed by atoms with van der Waals surface area (Å²) >= 11 is 1.13. The molecule has 35 heavy (non-hydrogen) atoms. The van der Waals surface area contributed by atoms with Crippen LogP contribution in [0.1, 0.15) is 12.7 Å². The molecule has 0 atom stereocenters. The summed E-state index contributed by atoms with van der Waals surface area (Å²) < 4.78 is 17.7. The second kappa shape index (κ2) is 9.55. The highest BCUT2D eigenvalue weighted by Crippen LogP contribution is 2.35. The third kappa shape index (κ3) is 4.99. The Bertz CT molecular complexity index is 1480. The molecule has 2 amide bonds. The first-order valence-electron chi connectivity index (χ1n) is 10.6. The molecule has 2 aromatic heterocycles. The minimum Gasteiger partial charge on any atom is -0.467 e. The molecule has 0 spiro atoms. The molecule has 2 aromatic carbocycles. The Labute approximate surface area is 203 Å². The number of hydrogen-bond acceptors (Lipinski definition) is 8. The van der Waals surface area contributed by atoms with E-state index in [1.54, 1.807) is 48.5 Å². The van der Waals surface area contributed by atoms with Crippen LogP contribution in [0.15, 0.2) is 69.2 Å². The number of thioether (sulfide) groups is 1. The van der Waals surface area contributed by atoms with Gasteiger partial charge in [0.25, 0.3) is 5.56 Å². The fraction of sp³-hybridized carbons (Fsp3) is 0.167. The second-order valence-corrected chi connectivity index (χ2v) is 8.63. The Morgan fingerprint density at radius 1 is 1.06 bits per heavy atom. The summed E-state index contributed by atoms with van der Waals surface area (Å²) in [5.41, 5.74) is 1.27. The largest absolute Gasteiger partial charge is 0.467 e. The van der Waals surface area contributed by atoms with E-state index in [1.165, 1.54) is 17.8 Å². The van der Waals surface area contributed by atoms with E-state index in [-0.39, 0.29) is 36.5 Å². The van der Waals surface area contributed by atoms with E-state index >= 15 is 0 Å². The van der Waals surface area contributed by atoms with Gasteiger partial charge in [-0.05, 0) is 36.4 Å². The fourth-order valence-corrected chi connectivity index (χ4v) is 4.40. The number of carbonyl (C=O) groups is 2. The van der Waals surface area contributed by atoms with Gasteiger partial charge in [-0.15, -0.1) is 0 Å². The first-order valence-corrected chi connectivity index (χ1v) is 11.6. The zero-order valence-electron chi connectivity index (χ0n) is 18.6. The number of carbonyl (C=O) groups excluding carboxylic acids is 2. The number of hydrogen-bond donors (Lipinski definition) is 2. The van der Waals surface area contributed by atoms with Crippen LogP contribution in [0.5, 0.6) is 11.5 Å². The molecule has 0 aliphatic carbocycles. The molecule has 0 fully saturated rings. The number of benzene rings is 2. The van der Waals surface area contributed by atoms with Crippen molar-refractivity contribution in [3.63, 3.8) is 0 Å². The fourth-order valence-electron chi connectivity index (χ4n) is 3.60. The smallest absolute Gasteiger partial charge is 0.262 e. The maximum Gasteiger partial charge on any atom is 0.262 e. The molecule has 3 heterocycles. The maximum atomic E-state index is 13.4. The van der Waals surface area contributed by atoms with E-state index in [0.29, 0.717) is 44.7 Å². The van der Waals surface area contributed by atoms with E-state index < -0.39 is 0 Å². The summed E-state index contributed by atoms with van der Waals surface area (Å²) in [6, 6.07) is 13.6. The highest BCUT2D eigenvalue weighted by molar-refractivity contribution is 7.99. The topological polar surface area (TPSA) is 125 Å². The molecule has 5 rings (SSSR count). The maximum absolute atomic E-state index is 13.4. The van der Waals surface area contributed by atoms with Crippen molar-refractivity contribution in [2.75, 3.05) is 23.2 Å². The van der Waals surface area contributed by atoms with Gasteiger partial charge < -0.3 is 24.5 Å². The predicted molar refractivity (Wildman–Crippen MR) is 130 cm³/mol. The van der Waals surface area contributed by atoms with Crippen molar-refractivity contribution in [2.24, 2.45) is 0 Å². The molecule has 0 saturated carbocycles. The highest BCUT2D eigenvalue weighted by Gasteiger charge is 2.20. The van der Waals surface area contributed by atoms with Gasteiger partial charge in [0.1, 0.15) is 5.76 Å². The van der Waals surface area contributed by atoms with E-state index in [0.717, 1.165) is 11.8 Å². The van der Waals surface area contributed by atoms with Crippen molar-refractivity contribution in [3.05, 3.63) is 70.9 Å². The van der Waals surface area contributed by atoms with Crippen LogP contribution >= 0.6 is 11.8 Å². The Balaban J connectivity index is 1.40. The van der Waals surface area contributed by atoms with Crippen molar-refractivity contribution in [3.8, 4) is 11.5 Å². The van der Waals surface area contributed by atoms with Gasteiger partial charge in [0.15, 0.2) is 16.7 Å². The second-order valence-electron chi connectivity index (χ2n) is 7.69. The van der Waals surface area contributed by atoms with Gasteiger partial charge in [0, 0.05) is 24.4 Å². The lowest BCUT2D eigenvalue weighted by Gasteiger charge is -2.13. The van der Waals surface area contributed by atoms with Crippen LogP contribution in [0.25, 0.3) is 10.9 Å². The third-order valence-electron chi connectivity index (χ3n) is 5.11. The molecule has 10 nitrogen and oxygen atoms in total. The standard InChI is InChI=1S/C24H20N4O6S/c1-14(29)25-15-4-2-5-16(8-15)26-22(30)12-35-24-27-19-10-21-20(33-13-34-21)9-18(19)23(31)28(24)11-17-6-3-7-32-17/h2-10H,11-13H2,1H3,(H,25,29)(H,26,30). The van der Waals surface area contributed by atoms with Crippen LogP contribution in [0.4, 0.5) is 11.4 Å². The van der Waals surface area contributed by atoms with Gasteiger partial charge in [0.05, 0.1) is 29.5 Å². The molecule has 0 unspecified atom stereocenters. The number of amides is 2. The van der Waals surface area contributed by atoms with Crippen molar-refractivity contribution in [2.45, 2.75) is 18.6 Å². The summed E-state index contributed by atoms with van der Waals surface area (Å²) in [7, 11) is 0. The molecule has 1 aliphatic heterocycles. The molecular weight excluding hydrogens is 472 g/mol. The third-order valence-corrected chi connectivity index (χ3v) is 6.08. The summed E-state index contributed by atoms with van der Waals surface area (Å²) in [4.78, 5) is 42.0. The van der Waals surface area contributed by atoms with E-state index in [9.17, 15) is 14.4 Å². The summed E-state index contributed by atoms with van der Waals surface area (Å²) in [6.07, 6.45) is 1.53. The number of rotatable bonds is 7. The van der Waals surface area contributed by atoms with Crippen molar-refractivity contribution < 1.29 is 23.5 Å². The van der Waals surface area contributed by atoms with Crippen molar-refractivity contribution >= 4 is 45.9 Å². The van der Waals surface area contributed by atoms with Gasteiger partial charge >= 0.3 is 0 Å². The normalized spacial score (nSPS) is 12.0. The van der Waals surface area contributed by atoms with E-state index in [4.69, 9.17) is 13.9 Å². The van der Waals surface area contributed by atoms with Gasteiger partial charge in [-0.3, -0.25) is 19.0 Å². The predicted octanol–water partition coefficient (Wildman–Crippen LogP) is 3.46. The lowest BCUT2D eigenvalue weighted by atomic mass is 10.2. The lowest BCUT2D eigenvalue weighted by Crippen LogP contribution is -2.24. The number of nitrogens with zero attached hydrogens (tertiary/aromatic N) is 2. The number of anilines is 2. The minimum absolute atomic E-state index is 0.00498. The molecular formula is C24H20N4O6S. The average molecular weight is 493 g/mol. The Hall–Kier alpha value is -4.25. The number of ether oxygens (including phenoxy) is 2. The SMILES string of the molecule is CC(=O)Nc1cccc(NC(=O)CSc2nc3cc4c(cc3c(=O)n2Cc2ccco2)OCO4)c1. The van der Waals surface area contributed by atoms with Crippen LogP contribution in [0.2, 0.25) is 0 Å². The molecule has 0 saturated heterocycles. The zero-order valence-corrected chi connectivity index (χ0v) is 19.4. The van der Waals surface area contributed by atoms with Gasteiger partial charge in [-0.25, -0.2) is 4.98 Å². The first-order chi connectivity index (χ1) is 17.0. The number of nitrogens with one attached hydrogen (secondary N) is 2. The molecule has 1 aliphatic rings. The molecule has 4 aromatic rings. The molecule has 0 radical (unpaired) electrons. The van der Waals surface area contributed by atoms with Crippen LogP contribution in [0.3, 0.4) is 0 Å². The lowest BCUT2D eigenvalue weighted by molar-refractivity contribution is -0.114. The number of fused-ring (bicyclic) bond motifs is 2. The quantitative estimate of drug-likeness (QED) is 0.297. The van der Waals surface area contributed by atoms with Gasteiger partial charge in [-0.2, -0.15) is 0 Å². The Kier molecular flexibility index (Phi) is 6.15. The summed E-state index contributed by atoms with van der Waals surface area (Å²) in [6.45, 7) is 1.65. The average Bonchev–Trinajstić information content (AvgIpc) is 3.50. The molecule has 2 N–H and O–H groups in total. The molecule has 0 bridgehead atoms. The minimum atomic E-state index is -0.292. The van der Waals surface area contributed by atoms with Gasteiger partial charge in [-0.1, -0.05) is 17.8 Å². The number of furan rings is 1. The van der Waals surface area contributed by atoms with Gasteiger partial charge in [0.2, 0.25) is 18.6 Å². The van der Waals surface area contributed by atoms with Crippen LogP contribution < -0.4 is 25.7 Å². The monoisotopic (exact) mass is 492 g/mol. The van der Waals surface area contributed by atoms with Crippen LogP contribution in [-0.2, 0) is 16.1 Å². The van der Waals surface area contributed by atoms with Crippen LogP contribution in [-0.4, -0.2) is 33.9 Å². The number of aromatic nitrogens is 2. The zero-order chi connectivity index (χ0) is 24.4. The molecule has 178 valence electrons. The highest BCUT2D eigenvalue weighted by atomic mass is 32.2. The Morgan fingerprint density at radius 2 is 1.83 bits per heavy atom. The molecule has 11 heteroatoms. The summed E-state index contributed by atoms with van der Waals surface area (Å²) in [5.74, 6) is 1.09. The van der Waals surface area contributed by atoms with Crippen molar-refractivity contribution in [1.29, 1.82) is 0 Å². The van der Waals surface area contributed by atoms with E-state index in [2.05, 4.69) is 15.6 Å². The van der Waals surface area contributed by atoms with Crippen molar-refractivity contribution in [1.82, 2.24) is 9.55 Å². The summed E-state index contributed by atoms with van der Waals surface area (Å²) in [5, 5.41) is 6.21.